The number of rotatable bonds is 0. The fraction of sp³-hybridized carbons (Fsp3) is 0.500. The highest BCUT2D eigenvalue weighted by Crippen LogP contribution is 2.27. The molecule has 3 heteroatoms. The van der Waals surface area contributed by atoms with Crippen molar-refractivity contribution in [1.82, 2.24) is 10.2 Å². The quantitative estimate of drug-likeness (QED) is 0.595. The third-order valence-corrected chi connectivity index (χ3v) is 2.68. The summed E-state index contributed by atoms with van der Waals surface area (Å²) in [6, 6.07) is 0.358. The van der Waals surface area contributed by atoms with Crippen LogP contribution in [0.3, 0.4) is 0 Å². The molecule has 2 aliphatic rings. The number of amides is 2. The lowest BCUT2D eigenvalue weighted by Gasteiger charge is -2.27. The van der Waals surface area contributed by atoms with Crippen LogP contribution in [0.5, 0.6) is 0 Å². The molecular weight excluding hydrogens is 164 g/mol. The van der Waals surface area contributed by atoms with E-state index in [2.05, 4.69) is 23.5 Å². The van der Waals surface area contributed by atoms with Crippen molar-refractivity contribution >= 4 is 6.03 Å². The van der Waals surface area contributed by atoms with Crippen LogP contribution in [-0.2, 0) is 0 Å². The van der Waals surface area contributed by atoms with Crippen LogP contribution in [0.2, 0.25) is 0 Å². The van der Waals surface area contributed by atoms with Crippen LogP contribution in [0.15, 0.2) is 23.8 Å². The Morgan fingerprint density at radius 2 is 2.54 bits per heavy atom. The minimum atomic E-state index is 0.0338. The van der Waals surface area contributed by atoms with E-state index < -0.39 is 0 Å². The van der Waals surface area contributed by atoms with Gasteiger partial charge in [0.15, 0.2) is 0 Å². The highest BCUT2D eigenvalue weighted by atomic mass is 16.2. The highest BCUT2D eigenvalue weighted by Gasteiger charge is 2.29. The maximum atomic E-state index is 11.4. The van der Waals surface area contributed by atoms with Gasteiger partial charge in [0.2, 0.25) is 0 Å². The molecule has 0 spiro atoms. The van der Waals surface area contributed by atoms with Gasteiger partial charge in [-0.05, 0) is 18.4 Å². The summed E-state index contributed by atoms with van der Waals surface area (Å²) in [7, 11) is 1.68. The number of carbonyl (C=O) groups excluding carboxylic acids is 1. The molecule has 0 bridgehead atoms. The van der Waals surface area contributed by atoms with E-state index in [1.54, 1.807) is 7.05 Å². The van der Waals surface area contributed by atoms with Gasteiger partial charge in [0.25, 0.3) is 0 Å². The molecule has 0 saturated heterocycles. The normalized spacial score (nSPS) is 25.5. The predicted molar refractivity (Wildman–Crippen MR) is 51.4 cm³/mol. The zero-order valence-corrected chi connectivity index (χ0v) is 7.79. The number of fused-ring (bicyclic) bond motifs is 1. The largest absolute Gasteiger partial charge is 0.341 e. The minimum Gasteiger partial charge on any atom is -0.341 e. The van der Waals surface area contributed by atoms with E-state index in [0.717, 1.165) is 19.4 Å². The summed E-state index contributed by atoms with van der Waals surface area (Å²) >= 11 is 0. The molecule has 0 saturated carbocycles. The number of nitrogens with zero attached hydrogens (tertiary/aromatic N) is 1. The number of allylic oxidation sites excluding steroid dienone is 1. The number of hydrogen-bond acceptors (Lipinski definition) is 1. The van der Waals surface area contributed by atoms with Crippen molar-refractivity contribution < 1.29 is 4.79 Å². The smallest absolute Gasteiger partial charge is 0.317 e. The van der Waals surface area contributed by atoms with Gasteiger partial charge in [-0.1, -0.05) is 18.2 Å². The number of hydrogen-bond donors (Lipinski definition) is 1. The van der Waals surface area contributed by atoms with Crippen LogP contribution in [0, 0.1) is 0 Å². The summed E-state index contributed by atoms with van der Waals surface area (Å²) in [4.78, 5) is 13.3. The van der Waals surface area contributed by atoms with E-state index in [9.17, 15) is 4.79 Å². The van der Waals surface area contributed by atoms with Crippen LogP contribution in [0.4, 0.5) is 4.79 Å². The maximum absolute atomic E-state index is 11.4. The van der Waals surface area contributed by atoms with Crippen molar-refractivity contribution in [2.75, 3.05) is 13.6 Å². The van der Waals surface area contributed by atoms with E-state index in [1.165, 1.54) is 5.57 Å². The first-order valence-corrected chi connectivity index (χ1v) is 4.68. The van der Waals surface area contributed by atoms with Crippen molar-refractivity contribution in [3.05, 3.63) is 23.8 Å². The summed E-state index contributed by atoms with van der Waals surface area (Å²) in [6.45, 7) is 0.754. The van der Waals surface area contributed by atoms with Gasteiger partial charge >= 0.3 is 6.03 Å². The van der Waals surface area contributed by atoms with Crippen molar-refractivity contribution in [3.8, 4) is 0 Å². The molecule has 1 aliphatic heterocycles. The second kappa shape index (κ2) is 3.24. The van der Waals surface area contributed by atoms with Gasteiger partial charge in [0.05, 0.1) is 6.04 Å². The number of urea groups is 1. The maximum Gasteiger partial charge on any atom is 0.317 e. The van der Waals surface area contributed by atoms with E-state index in [-0.39, 0.29) is 6.03 Å². The molecule has 0 radical (unpaired) electrons. The van der Waals surface area contributed by atoms with Gasteiger partial charge in [-0.3, -0.25) is 0 Å². The molecule has 0 fully saturated rings. The average molecular weight is 178 g/mol. The Hall–Kier alpha value is -1.25. The Morgan fingerprint density at radius 3 is 3.31 bits per heavy atom. The number of carbonyl (C=O) groups is 1. The first-order valence-electron chi connectivity index (χ1n) is 4.68. The van der Waals surface area contributed by atoms with Crippen molar-refractivity contribution in [3.63, 3.8) is 0 Å². The van der Waals surface area contributed by atoms with Gasteiger partial charge in [-0.15, -0.1) is 0 Å². The number of nitrogens with one attached hydrogen (secondary N) is 1. The van der Waals surface area contributed by atoms with Crippen LogP contribution in [0.1, 0.15) is 12.8 Å². The third kappa shape index (κ3) is 1.34. The van der Waals surface area contributed by atoms with Gasteiger partial charge < -0.3 is 10.2 Å². The van der Waals surface area contributed by atoms with Crippen LogP contribution < -0.4 is 5.32 Å². The Kier molecular flexibility index (Phi) is 2.08. The Balaban J connectivity index is 2.13. The van der Waals surface area contributed by atoms with E-state index in [1.807, 2.05) is 4.90 Å². The third-order valence-electron chi connectivity index (χ3n) is 2.68. The van der Waals surface area contributed by atoms with Crippen LogP contribution in [0.25, 0.3) is 0 Å². The van der Waals surface area contributed by atoms with Crippen molar-refractivity contribution in [2.24, 2.45) is 0 Å². The zero-order chi connectivity index (χ0) is 9.26. The second-order valence-corrected chi connectivity index (χ2v) is 3.41. The second-order valence-electron chi connectivity index (χ2n) is 3.41. The van der Waals surface area contributed by atoms with Crippen molar-refractivity contribution in [2.45, 2.75) is 18.9 Å². The Morgan fingerprint density at radius 1 is 1.69 bits per heavy atom. The van der Waals surface area contributed by atoms with Crippen LogP contribution >= 0.6 is 0 Å². The Bertz CT molecular complexity index is 281. The van der Waals surface area contributed by atoms with Gasteiger partial charge in [0, 0.05) is 13.6 Å². The molecule has 1 atom stereocenters. The molecule has 13 heavy (non-hydrogen) atoms. The van der Waals surface area contributed by atoms with E-state index in [0.29, 0.717) is 6.04 Å². The SMILES string of the molecule is CNC(=O)N1CC=C2C=CCCC21. The summed E-state index contributed by atoms with van der Waals surface area (Å²) in [5.74, 6) is 0. The molecule has 0 aromatic rings. The Labute approximate surface area is 78.1 Å². The molecule has 0 aromatic carbocycles. The van der Waals surface area contributed by atoms with Gasteiger partial charge in [-0.25, -0.2) is 4.79 Å². The molecule has 1 unspecified atom stereocenters. The molecule has 70 valence electrons. The molecule has 2 rings (SSSR count). The molecule has 1 aliphatic carbocycles. The fourth-order valence-corrected chi connectivity index (χ4v) is 1.99. The minimum absolute atomic E-state index is 0.0338. The van der Waals surface area contributed by atoms with Gasteiger partial charge in [-0.2, -0.15) is 0 Å². The average Bonchev–Trinajstić information content (AvgIpc) is 2.60. The van der Waals surface area contributed by atoms with Crippen LogP contribution in [-0.4, -0.2) is 30.6 Å². The van der Waals surface area contributed by atoms with E-state index >= 15 is 0 Å². The fourth-order valence-electron chi connectivity index (χ4n) is 1.99. The lowest BCUT2D eigenvalue weighted by molar-refractivity contribution is 0.195. The molecule has 0 aromatic heterocycles. The molecule has 1 N–H and O–H groups in total. The van der Waals surface area contributed by atoms with E-state index in [4.69, 9.17) is 0 Å². The summed E-state index contributed by atoms with van der Waals surface area (Å²) < 4.78 is 0. The van der Waals surface area contributed by atoms with Gasteiger partial charge in [0.1, 0.15) is 0 Å². The molecule has 2 amide bonds. The topological polar surface area (TPSA) is 32.3 Å². The molecular formula is C10H14N2O. The molecule has 1 heterocycles. The standard InChI is InChI=1S/C10H14N2O/c1-11-10(13)12-7-6-8-4-2-3-5-9(8)12/h2,4,6,9H,3,5,7H2,1H3,(H,11,13). The summed E-state index contributed by atoms with van der Waals surface area (Å²) in [5.41, 5.74) is 1.30. The van der Waals surface area contributed by atoms with Crippen molar-refractivity contribution in [1.29, 1.82) is 0 Å². The monoisotopic (exact) mass is 178 g/mol. The first kappa shape index (κ1) is 8.35. The first-order chi connectivity index (χ1) is 6.33. The predicted octanol–water partition coefficient (Wildman–Crippen LogP) is 1.29. The summed E-state index contributed by atoms with van der Waals surface area (Å²) in [6.07, 6.45) is 8.59. The zero-order valence-electron chi connectivity index (χ0n) is 7.79. The molecule has 3 nitrogen and oxygen atoms in total. The summed E-state index contributed by atoms with van der Waals surface area (Å²) in [5, 5.41) is 2.67. The highest BCUT2D eigenvalue weighted by molar-refractivity contribution is 5.75. The lowest BCUT2D eigenvalue weighted by Crippen LogP contribution is -2.42. The lowest BCUT2D eigenvalue weighted by atomic mass is 9.98.